The van der Waals surface area contributed by atoms with Crippen LogP contribution < -0.4 is 0 Å². The number of fused-ring (bicyclic) bond motifs is 1. The molecule has 20 heavy (non-hydrogen) atoms. The molecule has 0 radical (unpaired) electrons. The minimum atomic E-state index is 0.0166. The van der Waals surface area contributed by atoms with Gasteiger partial charge in [0.05, 0.1) is 4.91 Å². The van der Waals surface area contributed by atoms with Gasteiger partial charge in [0.25, 0.3) is 5.91 Å². The molecule has 0 unspecified atom stereocenters. The van der Waals surface area contributed by atoms with Crippen molar-refractivity contribution < 1.29 is 9.21 Å². The van der Waals surface area contributed by atoms with Crippen LogP contribution in [0, 0.1) is 0 Å². The molecule has 2 aliphatic rings. The van der Waals surface area contributed by atoms with E-state index in [9.17, 15) is 4.79 Å². The van der Waals surface area contributed by atoms with Crippen molar-refractivity contribution in [1.29, 1.82) is 0 Å². The third-order valence-electron chi connectivity index (χ3n) is 3.45. The molecule has 1 saturated heterocycles. The molecule has 1 saturated carbocycles. The average molecular weight is 301 g/mol. The number of hydrogen-bond donors (Lipinski definition) is 0. The lowest BCUT2D eigenvalue weighted by atomic mass is 10.2. The Balaban J connectivity index is 1.69. The molecular formula is C15H11NO2S2. The maximum absolute atomic E-state index is 12.3. The lowest BCUT2D eigenvalue weighted by molar-refractivity contribution is -0.122. The number of nitrogens with zero attached hydrogens (tertiary/aromatic N) is 1. The second-order valence-electron chi connectivity index (χ2n) is 4.97. The van der Waals surface area contributed by atoms with E-state index in [2.05, 4.69) is 0 Å². The van der Waals surface area contributed by atoms with Crippen molar-refractivity contribution in [2.45, 2.75) is 18.9 Å². The summed E-state index contributed by atoms with van der Waals surface area (Å²) in [6.07, 6.45) is 3.91. The zero-order chi connectivity index (χ0) is 13.7. The Labute approximate surface area is 125 Å². The Hall–Kier alpha value is -1.59. The van der Waals surface area contributed by atoms with Crippen LogP contribution in [-0.2, 0) is 4.79 Å². The molecule has 2 aromatic rings. The first-order valence-electron chi connectivity index (χ1n) is 6.48. The summed E-state index contributed by atoms with van der Waals surface area (Å²) < 4.78 is 6.39. The summed E-state index contributed by atoms with van der Waals surface area (Å²) in [5.41, 5.74) is 0.830. The Morgan fingerprint density at radius 3 is 2.90 bits per heavy atom. The smallest absolute Gasteiger partial charge is 0.266 e. The number of rotatable bonds is 2. The average Bonchev–Trinajstić information content (AvgIpc) is 3.10. The highest BCUT2D eigenvalue weighted by Gasteiger charge is 2.42. The van der Waals surface area contributed by atoms with Crippen LogP contribution in [-0.4, -0.2) is 21.2 Å². The van der Waals surface area contributed by atoms with Crippen molar-refractivity contribution in [1.82, 2.24) is 4.90 Å². The maximum atomic E-state index is 12.3. The van der Waals surface area contributed by atoms with E-state index in [0.717, 1.165) is 23.8 Å². The summed E-state index contributed by atoms with van der Waals surface area (Å²) >= 11 is 6.65. The molecule has 2 heterocycles. The fourth-order valence-electron chi connectivity index (χ4n) is 2.33. The van der Waals surface area contributed by atoms with Gasteiger partial charge in [0.1, 0.15) is 15.7 Å². The van der Waals surface area contributed by atoms with Gasteiger partial charge in [0.15, 0.2) is 0 Å². The summed E-state index contributed by atoms with van der Waals surface area (Å²) in [6, 6.07) is 10.1. The first kappa shape index (κ1) is 12.2. The third-order valence-corrected chi connectivity index (χ3v) is 4.78. The SMILES string of the molecule is O=C1/C(=C/c2cc3ccccc3o2)SC(=S)N1C1CC1. The van der Waals surface area contributed by atoms with Gasteiger partial charge in [0, 0.05) is 17.5 Å². The van der Waals surface area contributed by atoms with Gasteiger partial charge in [-0.05, 0) is 25.0 Å². The van der Waals surface area contributed by atoms with Gasteiger partial charge in [0.2, 0.25) is 0 Å². The van der Waals surface area contributed by atoms with Crippen LogP contribution in [0.1, 0.15) is 18.6 Å². The molecule has 5 heteroatoms. The first-order chi connectivity index (χ1) is 9.72. The largest absolute Gasteiger partial charge is 0.457 e. The van der Waals surface area contributed by atoms with Gasteiger partial charge < -0.3 is 4.42 Å². The molecule has 1 aromatic carbocycles. The van der Waals surface area contributed by atoms with E-state index in [1.54, 1.807) is 11.0 Å². The zero-order valence-electron chi connectivity index (χ0n) is 10.5. The predicted octanol–water partition coefficient (Wildman–Crippen LogP) is 3.80. The molecule has 0 N–H and O–H groups in total. The van der Waals surface area contributed by atoms with Crippen molar-refractivity contribution >= 4 is 51.3 Å². The molecular weight excluding hydrogens is 290 g/mol. The minimum Gasteiger partial charge on any atom is -0.457 e. The van der Waals surface area contributed by atoms with E-state index in [0.29, 0.717) is 21.0 Å². The normalized spacial score (nSPS) is 21.4. The maximum Gasteiger partial charge on any atom is 0.266 e. The lowest BCUT2D eigenvalue weighted by Gasteiger charge is -2.11. The van der Waals surface area contributed by atoms with E-state index >= 15 is 0 Å². The fraction of sp³-hybridized carbons (Fsp3) is 0.200. The lowest BCUT2D eigenvalue weighted by Crippen LogP contribution is -2.29. The number of furan rings is 1. The first-order valence-corrected chi connectivity index (χ1v) is 7.70. The minimum absolute atomic E-state index is 0.0166. The summed E-state index contributed by atoms with van der Waals surface area (Å²) in [4.78, 5) is 14.7. The predicted molar refractivity (Wildman–Crippen MR) is 84.2 cm³/mol. The van der Waals surface area contributed by atoms with Gasteiger partial charge in [-0.2, -0.15) is 0 Å². The van der Waals surface area contributed by atoms with Gasteiger partial charge in [-0.1, -0.05) is 42.2 Å². The summed E-state index contributed by atoms with van der Waals surface area (Å²) in [5, 5.41) is 1.04. The molecule has 100 valence electrons. The van der Waals surface area contributed by atoms with Crippen LogP contribution in [0.5, 0.6) is 0 Å². The quantitative estimate of drug-likeness (QED) is 0.624. The van der Waals surface area contributed by atoms with Crippen LogP contribution in [0.3, 0.4) is 0 Å². The van der Waals surface area contributed by atoms with Gasteiger partial charge in [-0.25, -0.2) is 0 Å². The summed E-state index contributed by atoms with van der Waals surface area (Å²) in [5.74, 6) is 0.713. The second-order valence-corrected chi connectivity index (χ2v) is 6.65. The van der Waals surface area contributed by atoms with Gasteiger partial charge in [-0.3, -0.25) is 9.69 Å². The van der Waals surface area contributed by atoms with Crippen LogP contribution in [0.15, 0.2) is 39.7 Å². The number of carbonyl (C=O) groups excluding carboxylic acids is 1. The van der Waals surface area contributed by atoms with Crippen molar-refractivity contribution in [3.05, 3.63) is 41.0 Å². The van der Waals surface area contributed by atoms with Crippen LogP contribution in [0.4, 0.5) is 0 Å². The highest BCUT2D eigenvalue weighted by Crippen LogP contribution is 2.40. The molecule has 0 atom stereocenters. The number of amides is 1. The number of benzene rings is 1. The van der Waals surface area contributed by atoms with Crippen LogP contribution in [0.2, 0.25) is 0 Å². The molecule has 0 bridgehead atoms. The number of thioether (sulfide) groups is 1. The molecule has 1 aliphatic carbocycles. The van der Waals surface area contributed by atoms with E-state index in [1.807, 2.05) is 30.3 Å². The van der Waals surface area contributed by atoms with Crippen molar-refractivity contribution in [3.8, 4) is 0 Å². The molecule has 3 nitrogen and oxygen atoms in total. The Bertz CT molecular complexity index is 725. The van der Waals surface area contributed by atoms with Crippen LogP contribution in [0.25, 0.3) is 17.0 Å². The number of thiocarbonyl (C=S) groups is 1. The molecule has 0 spiro atoms. The molecule has 1 amide bonds. The van der Waals surface area contributed by atoms with Gasteiger partial charge in [-0.15, -0.1) is 0 Å². The van der Waals surface area contributed by atoms with E-state index < -0.39 is 0 Å². The topological polar surface area (TPSA) is 33.5 Å². The Morgan fingerprint density at radius 1 is 1.35 bits per heavy atom. The number of para-hydroxylation sites is 1. The monoisotopic (exact) mass is 301 g/mol. The molecule has 2 fully saturated rings. The summed E-state index contributed by atoms with van der Waals surface area (Å²) in [7, 11) is 0. The Kier molecular flexibility index (Phi) is 2.72. The highest BCUT2D eigenvalue weighted by atomic mass is 32.2. The van der Waals surface area contributed by atoms with E-state index in [4.69, 9.17) is 16.6 Å². The van der Waals surface area contributed by atoms with E-state index in [-0.39, 0.29) is 5.91 Å². The standard InChI is InChI=1S/C15H11NO2S2/c17-14-13(20-15(19)16(14)10-5-6-10)8-11-7-9-3-1-2-4-12(9)18-11/h1-4,7-8,10H,5-6H2/b13-8-. The Morgan fingerprint density at radius 2 is 2.15 bits per heavy atom. The van der Waals surface area contributed by atoms with Crippen molar-refractivity contribution in [3.63, 3.8) is 0 Å². The number of carbonyl (C=O) groups is 1. The molecule has 1 aliphatic heterocycles. The van der Waals surface area contributed by atoms with E-state index in [1.165, 1.54) is 11.8 Å². The van der Waals surface area contributed by atoms with Crippen molar-refractivity contribution in [2.75, 3.05) is 0 Å². The summed E-state index contributed by atoms with van der Waals surface area (Å²) in [6.45, 7) is 0. The third kappa shape index (κ3) is 1.98. The van der Waals surface area contributed by atoms with Crippen molar-refractivity contribution in [2.24, 2.45) is 0 Å². The molecule has 4 rings (SSSR count). The molecule has 1 aromatic heterocycles. The van der Waals surface area contributed by atoms with Crippen LogP contribution >= 0.6 is 24.0 Å². The van der Waals surface area contributed by atoms with Gasteiger partial charge >= 0.3 is 0 Å². The second kappa shape index (κ2) is 4.46. The zero-order valence-corrected chi connectivity index (χ0v) is 12.2. The number of hydrogen-bond acceptors (Lipinski definition) is 4. The highest BCUT2D eigenvalue weighted by molar-refractivity contribution is 8.26. The fourth-order valence-corrected chi connectivity index (χ4v) is 3.71.